The molecule has 0 bridgehead atoms. The minimum absolute atomic E-state index is 0.0394. The number of nitrogens with one attached hydrogen (secondary N) is 1. The van der Waals surface area contributed by atoms with Gasteiger partial charge in [-0.2, -0.15) is 0 Å². The van der Waals surface area contributed by atoms with Crippen molar-refractivity contribution in [2.24, 2.45) is 0 Å². The van der Waals surface area contributed by atoms with Crippen LogP contribution in [0.3, 0.4) is 0 Å². The molecule has 1 atom stereocenters. The van der Waals surface area contributed by atoms with Gasteiger partial charge in [-0.25, -0.2) is 0 Å². The summed E-state index contributed by atoms with van der Waals surface area (Å²) in [6, 6.07) is 7.87. The predicted octanol–water partition coefficient (Wildman–Crippen LogP) is 2.52. The Morgan fingerprint density at radius 2 is 2.15 bits per heavy atom. The van der Waals surface area contributed by atoms with Gasteiger partial charge in [-0.05, 0) is 12.5 Å². The van der Waals surface area contributed by atoms with Crippen LogP contribution < -0.4 is 10.1 Å². The predicted molar refractivity (Wildman–Crippen MR) is 99.3 cm³/mol. The summed E-state index contributed by atoms with van der Waals surface area (Å²) >= 11 is 0. The number of para-hydroxylation sites is 1. The molecule has 0 aliphatic carbocycles. The molecule has 1 aromatic heterocycles. The molecule has 1 N–H and O–H groups in total. The molecule has 0 radical (unpaired) electrons. The Hall–Kier alpha value is -2.34. The lowest BCUT2D eigenvalue weighted by atomic mass is 10.00. The molecular weight excluding hydrogens is 330 g/mol. The molecule has 6 nitrogen and oxygen atoms in total. The van der Waals surface area contributed by atoms with Crippen molar-refractivity contribution in [3.63, 3.8) is 0 Å². The van der Waals surface area contributed by atoms with Crippen molar-refractivity contribution in [2.45, 2.75) is 39.2 Å². The summed E-state index contributed by atoms with van der Waals surface area (Å²) in [5.74, 6) is 1.74. The number of carbonyl (C=O) groups excluding carboxylic acids is 1. The summed E-state index contributed by atoms with van der Waals surface area (Å²) < 4.78 is 10.9. The van der Waals surface area contributed by atoms with E-state index < -0.39 is 0 Å². The SMILES string of the molecule is CCc1noc(CC)c1CC(=O)N1CCNCC1c1ccccc1OC. The normalized spacial score (nSPS) is 17.3. The Morgan fingerprint density at radius 3 is 2.88 bits per heavy atom. The third kappa shape index (κ3) is 3.60. The van der Waals surface area contributed by atoms with Gasteiger partial charge in [-0.15, -0.1) is 0 Å². The van der Waals surface area contributed by atoms with E-state index in [1.807, 2.05) is 43.0 Å². The molecule has 1 aliphatic heterocycles. The van der Waals surface area contributed by atoms with Gasteiger partial charge in [0.25, 0.3) is 0 Å². The van der Waals surface area contributed by atoms with Gasteiger partial charge >= 0.3 is 0 Å². The van der Waals surface area contributed by atoms with Gasteiger partial charge in [0.05, 0.1) is 25.3 Å². The highest BCUT2D eigenvalue weighted by atomic mass is 16.5. The first kappa shape index (κ1) is 18.5. The van der Waals surface area contributed by atoms with Crippen LogP contribution in [0.2, 0.25) is 0 Å². The van der Waals surface area contributed by atoms with Crippen LogP contribution in [0.5, 0.6) is 5.75 Å². The lowest BCUT2D eigenvalue weighted by Gasteiger charge is -2.37. The molecule has 2 aromatic rings. The van der Waals surface area contributed by atoms with Gasteiger partial charge in [0, 0.05) is 37.2 Å². The van der Waals surface area contributed by atoms with E-state index in [4.69, 9.17) is 9.26 Å². The first-order chi connectivity index (χ1) is 12.7. The fourth-order valence-corrected chi connectivity index (χ4v) is 3.61. The molecule has 1 aromatic carbocycles. The second-order valence-electron chi connectivity index (χ2n) is 6.46. The van der Waals surface area contributed by atoms with Crippen LogP contribution in [0, 0.1) is 0 Å². The number of hydrogen-bond donors (Lipinski definition) is 1. The molecule has 0 spiro atoms. The zero-order chi connectivity index (χ0) is 18.5. The third-order valence-electron chi connectivity index (χ3n) is 5.00. The Kier molecular flexibility index (Phi) is 5.93. The quantitative estimate of drug-likeness (QED) is 0.860. The topological polar surface area (TPSA) is 67.6 Å². The first-order valence-electron chi connectivity index (χ1n) is 9.28. The van der Waals surface area contributed by atoms with Crippen LogP contribution in [-0.4, -0.2) is 42.7 Å². The number of amides is 1. The monoisotopic (exact) mass is 357 g/mol. The van der Waals surface area contributed by atoms with E-state index in [-0.39, 0.29) is 11.9 Å². The smallest absolute Gasteiger partial charge is 0.227 e. The average Bonchev–Trinajstić information content (AvgIpc) is 3.09. The Labute approximate surface area is 154 Å². The van der Waals surface area contributed by atoms with Gasteiger partial charge in [-0.3, -0.25) is 4.79 Å². The summed E-state index contributed by atoms with van der Waals surface area (Å²) in [7, 11) is 1.67. The Morgan fingerprint density at radius 1 is 1.35 bits per heavy atom. The standard InChI is InChI=1S/C20H27N3O3/c1-4-16-15(18(5-2)26-22-16)12-20(24)23-11-10-21-13-17(23)14-8-6-7-9-19(14)25-3/h6-9,17,21H,4-5,10-13H2,1-3H3. The summed E-state index contributed by atoms with van der Waals surface area (Å²) in [5, 5.41) is 7.52. The minimum Gasteiger partial charge on any atom is -0.496 e. The van der Waals surface area contributed by atoms with Gasteiger partial charge < -0.3 is 19.5 Å². The van der Waals surface area contributed by atoms with Gasteiger partial charge in [0.1, 0.15) is 11.5 Å². The molecule has 1 amide bonds. The van der Waals surface area contributed by atoms with E-state index in [2.05, 4.69) is 10.5 Å². The van der Waals surface area contributed by atoms with Gasteiger partial charge in [-0.1, -0.05) is 37.2 Å². The van der Waals surface area contributed by atoms with E-state index in [1.54, 1.807) is 7.11 Å². The van der Waals surface area contributed by atoms with Crippen molar-refractivity contribution in [1.29, 1.82) is 0 Å². The fraction of sp³-hybridized carbons (Fsp3) is 0.500. The molecule has 6 heteroatoms. The number of rotatable bonds is 6. The van der Waals surface area contributed by atoms with Crippen molar-refractivity contribution >= 4 is 5.91 Å². The molecule has 1 fully saturated rings. The molecule has 1 saturated heterocycles. The Bertz CT molecular complexity index is 735. The highest BCUT2D eigenvalue weighted by molar-refractivity contribution is 5.80. The van der Waals surface area contributed by atoms with E-state index >= 15 is 0 Å². The zero-order valence-corrected chi connectivity index (χ0v) is 15.7. The highest BCUT2D eigenvalue weighted by Gasteiger charge is 2.31. The van der Waals surface area contributed by atoms with Crippen molar-refractivity contribution < 1.29 is 14.1 Å². The number of aryl methyl sites for hydroxylation is 2. The largest absolute Gasteiger partial charge is 0.496 e. The second-order valence-corrected chi connectivity index (χ2v) is 6.46. The van der Waals surface area contributed by atoms with Crippen LogP contribution in [0.1, 0.15) is 42.5 Å². The molecule has 140 valence electrons. The van der Waals surface area contributed by atoms with E-state index in [9.17, 15) is 4.79 Å². The number of nitrogens with zero attached hydrogens (tertiary/aromatic N) is 2. The van der Waals surface area contributed by atoms with E-state index in [0.717, 1.165) is 54.3 Å². The summed E-state index contributed by atoms with van der Waals surface area (Å²) in [6.07, 6.45) is 1.85. The van der Waals surface area contributed by atoms with Crippen molar-refractivity contribution in [3.8, 4) is 5.75 Å². The Balaban J connectivity index is 1.86. The molecule has 0 saturated carbocycles. The number of ether oxygens (including phenoxy) is 1. The number of methoxy groups -OCH3 is 1. The van der Waals surface area contributed by atoms with Crippen molar-refractivity contribution in [1.82, 2.24) is 15.4 Å². The zero-order valence-electron chi connectivity index (χ0n) is 15.7. The number of aromatic nitrogens is 1. The highest BCUT2D eigenvalue weighted by Crippen LogP contribution is 2.31. The number of hydrogen-bond acceptors (Lipinski definition) is 5. The molecule has 3 rings (SSSR count). The first-order valence-corrected chi connectivity index (χ1v) is 9.28. The van der Waals surface area contributed by atoms with E-state index in [1.165, 1.54) is 0 Å². The molecule has 2 heterocycles. The summed E-state index contributed by atoms with van der Waals surface area (Å²) in [6.45, 7) is 6.25. The summed E-state index contributed by atoms with van der Waals surface area (Å²) in [5.41, 5.74) is 2.88. The van der Waals surface area contributed by atoms with Crippen LogP contribution >= 0.6 is 0 Å². The van der Waals surface area contributed by atoms with Crippen molar-refractivity contribution in [2.75, 3.05) is 26.7 Å². The average molecular weight is 357 g/mol. The molecule has 26 heavy (non-hydrogen) atoms. The van der Waals surface area contributed by atoms with Crippen LogP contribution in [0.15, 0.2) is 28.8 Å². The third-order valence-corrected chi connectivity index (χ3v) is 5.00. The fourth-order valence-electron chi connectivity index (χ4n) is 3.61. The van der Waals surface area contributed by atoms with Crippen LogP contribution in [0.4, 0.5) is 0 Å². The minimum atomic E-state index is -0.0394. The molecule has 1 unspecified atom stereocenters. The van der Waals surface area contributed by atoms with Gasteiger partial charge in [0.2, 0.25) is 5.91 Å². The lowest BCUT2D eigenvalue weighted by Crippen LogP contribution is -2.49. The maximum Gasteiger partial charge on any atom is 0.227 e. The number of carbonyl (C=O) groups is 1. The van der Waals surface area contributed by atoms with Crippen molar-refractivity contribution in [3.05, 3.63) is 46.8 Å². The van der Waals surface area contributed by atoms with Crippen LogP contribution in [-0.2, 0) is 24.1 Å². The second kappa shape index (κ2) is 8.36. The summed E-state index contributed by atoms with van der Waals surface area (Å²) in [4.78, 5) is 15.1. The molecular formula is C20H27N3O3. The van der Waals surface area contributed by atoms with E-state index in [0.29, 0.717) is 13.0 Å². The lowest BCUT2D eigenvalue weighted by molar-refractivity contribution is -0.133. The van der Waals surface area contributed by atoms with Gasteiger partial charge in [0.15, 0.2) is 0 Å². The number of benzene rings is 1. The van der Waals surface area contributed by atoms with Crippen LogP contribution in [0.25, 0.3) is 0 Å². The maximum atomic E-state index is 13.2. The molecule has 1 aliphatic rings. The maximum absolute atomic E-state index is 13.2. The number of piperazine rings is 1.